The van der Waals surface area contributed by atoms with Gasteiger partial charge < -0.3 is 5.73 Å². The van der Waals surface area contributed by atoms with E-state index in [2.05, 4.69) is 0 Å². The topological polar surface area (TPSA) is 26.0 Å². The van der Waals surface area contributed by atoms with Crippen molar-refractivity contribution in [1.29, 1.82) is 0 Å². The lowest BCUT2D eigenvalue weighted by atomic mass is 10.1. The predicted molar refractivity (Wildman–Crippen MR) is 67.7 cm³/mol. The number of benzene rings is 1. The second-order valence-corrected chi connectivity index (χ2v) is 5.26. The quantitative estimate of drug-likeness (QED) is 0.863. The summed E-state index contributed by atoms with van der Waals surface area (Å²) in [4.78, 5) is 1.38. The van der Waals surface area contributed by atoms with Gasteiger partial charge in [0.1, 0.15) is 0 Å². The van der Waals surface area contributed by atoms with Crippen LogP contribution in [0.2, 0.25) is 5.02 Å². The predicted octanol–water partition coefficient (Wildman–Crippen LogP) is 4.55. The molecular formula is C12H9ClF3NS. The van der Waals surface area contributed by atoms with E-state index in [-0.39, 0.29) is 10.6 Å². The van der Waals surface area contributed by atoms with Gasteiger partial charge in [-0.2, -0.15) is 13.2 Å². The highest BCUT2D eigenvalue weighted by Crippen LogP contribution is 2.40. The van der Waals surface area contributed by atoms with Crippen molar-refractivity contribution in [2.45, 2.75) is 12.7 Å². The van der Waals surface area contributed by atoms with Crippen molar-refractivity contribution >= 4 is 22.9 Å². The number of thiophene rings is 1. The van der Waals surface area contributed by atoms with Crippen LogP contribution in [0.4, 0.5) is 13.2 Å². The van der Waals surface area contributed by atoms with Gasteiger partial charge in [-0.05, 0) is 24.3 Å². The Kier molecular flexibility index (Phi) is 3.66. The molecule has 2 N–H and O–H groups in total. The zero-order valence-corrected chi connectivity index (χ0v) is 10.7. The highest BCUT2D eigenvalue weighted by molar-refractivity contribution is 7.15. The molecular weight excluding hydrogens is 283 g/mol. The summed E-state index contributed by atoms with van der Waals surface area (Å²) >= 11 is 6.88. The first-order valence-corrected chi connectivity index (χ1v) is 6.27. The van der Waals surface area contributed by atoms with Crippen LogP contribution in [-0.4, -0.2) is 0 Å². The molecule has 0 amide bonds. The Labute approximate surface area is 111 Å². The highest BCUT2D eigenvalue weighted by atomic mass is 35.5. The summed E-state index contributed by atoms with van der Waals surface area (Å²) < 4.78 is 38.8. The highest BCUT2D eigenvalue weighted by Gasteiger charge is 2.34. The second-order valence-electron chi connectivity index (χ2n) is 3.66. The van der Waals surface area contributed by atoms with Crippen LogP contribution in [0.15, 0.2) is 30.3 Å². The third-order valence-electron chi connectivity index (χ3n) is 2.42. The van der Waals surface area contributed by atoms with E-state index in [0.29, 0.717) is 11.4 Å². The fourth-order valence-electron chi connectivity index (χ4n) is 1.60. The minimum Gasteiger partial charge on any atom is -0.326 e. The van der Waals surface area contributed by atoms with E-state index < -0.39 is 11.7 Å². The molecule has 0 radical (unpaired) electrons. The monoisotopic (exact) mass is 291 g/mol. The van der Waals surface area contributed by atoms with Gasteiger partial charge in [-0.25, -0.2) is 0 Å². The summed E-state index contributed by atoms with van der Waals surface area (Å²) in [6, 6.07) is 7.16. The van der Waals surface area contributed by atoms with Gasteiger partial charge in [-0.3, -0.25) is 0 Å². The Morgan fingerprint density at radius 2 is 1.89 bits per heavy atom. The Hall–Kier alpha value is -1.04. The van der Waals surface area contributed by atoms with Crippen LogP contribution in [0.1, 0.15) is 10.4 Å². The van der Waals surface area contributed by atoms with Crippen LogP contribution >= 0.6 is 22.9 Å². The molecule has 1 nitrogen and oxygen atoms in total. The summed E-state index contributed by atoms with van der Waals surface area (Å²) in [6.45, 7) is 0.319. The maximum atomic E-state index is 12.9. The van der Waals surface area contributed by atoms with Gasteiger partial charge in [0, 0.05) is 26.9 Å². The van der Waals surface area contributed by atoms with Gasteiger partial charge in [-0.1, -0.05) is 17.7 Å². The number of hydrogen-bond donors (Lipinski definition) is 1. The lowest BCUT2D eigenvalue weighted by molar-refractivity contribution is -0.137. The van der Waals surface area contributed by atoms with E-state index in [1.165, 1.54) is 23.5 Å². The molecule has 6 heteroatoms. The molecule has 0 aliphatic rings. The standard InChI is InChI=1S/C12H9ClF3NS/c13-7-1-3-9(10(5-7)12(14,15)16)11-4-2-8(6-17)18-11/h1-5H,6,17H2. The van der Waals surface area contributed by atoms with Crippen LogP contribution in [-0.2, 0) is 12.7 Å². The average Bonchev–Trinajstić information content (AvgIpc) is 2.76. The molecule has 0 aliphatic heterocycles. The van der Waals surface area contributed by atoms with Gasteiger partial charge in [0.25, 0.3) is 0 Å². The first kappa shape index (κ1) is 13.4. The Morgan fingerprint density at radius 3 is 2.44 bits per heavy atom. The molecule has 0 atom stereocenters. The molecule has 96 valence electrons. The van der Waals surface area contributed by atoms with Crippen molar-refractivity contribution < 1.29 is 13.2 Å². The van der Waals surface area contributed by atoms with Gasteiger partial charge in [0.2, 0.25) is 0 Å². The minimum atomic E-state index is -4.42. The SMILES string of the molecule is NCc1ccc(-c2ccc(Cl)cc2C(F)(F)F)s1. The van der Waals surface area contributed by atoms with Crippen LogP contribution in [0, 0.1) is 0 Å². The lowest BCUT2D eigenvalue weighted by Gasteiger charge is -2.12. The Morgan fingerprint density at radius 1 is 1.17 bits per heavy atom. The fraction of sp³-hybridized carbons (Fsp3) is 0.167. The summed E-state index contributed by atoms with van der Waals surface area (Å²) in [5.41, 5.74) is 4.87. The van der Waals surface area contributed by atoms with Crippen molar-refractivity contribution in [2.24, 2.45) is 5.73 Å². The third kappa shape index (κ3) is 2.68. The molecule has 0 unspecified atom stereocenters. The molecule has 1 aromatic heterocycles. The zero-order chi connectivity index (χ0) is 13.3. The minimum absolute atomic E-state index is 0.0710. The van der Waals surface area contributed by atoms with Crippen LogP contribution in [0.25, 0.3) is 10.4 Å². The van der Waals surface area contributed by atoms with E-state index >= 15 is 0 Å². The summed E-state index contributed by atoms with van der Waals surface area (Å²) in [5, 5.41) is 0.0710. The Balaban J connectivity index is 2.56. The Bertz CT molecular complexity index is 563. The number of hydrogen-bond acceptors (Lipinski definition) is 2. The molecule has 1 heterocycles. The van der Waals surface area contributed by atoms with Crippen LogP contribution in [0.5, 0.6) is 0 Å². The van der Waals surface area contributed by atoms with Crippen molar-refractivity contribution in [3.8, 4) is 10.4 Å². The molecule has 1 aromatic carbocycles. The molecule has 2 aromatic rings. The summed E-state index contributed by atoms with van der Waals surface area (Å²) in [7, 11) is 0. The molecule has 0 aliphatic carbocycles. The second kappa shape index (κ2) is 4.91. The molecule has 0 saturated carbocycles. The fourth-order valence-corrected chi connectivity index (χ4v) is 2.70. The van der Waals surface area contributed by atoms with Gasteiger partial charge >= 0.3 is 6.18 Å². The molecule has 0 spiro atoms. The maximum absolute atomic E-state index is 12.9. The zero-order valence-electron chi connectivity index (χ0n) is 9.09. The molecule has 0 bridgehead atoms. The van der Waals surface area contributed by atoms with E-state index in [9.17, 15) is 13.2 Å². The first-order valence-electron chi connectivity index (χ1n) is 5.07. The van der Waals surface area contributed by atoms with E-state index in [4.69, 9.17) is 17.3 Å². The van der Waals surface area contributed by atoms with Gasteiger partial charge in [0.05, 0.1) is 5.56 Å². The first-order chi connectivity index (χ1) is 8.41. The van der Waals surface area contributed by atoms with Crippen molar-refractivity contribution in [1.82, 2.24) is 0 Å². The largest absolute Gasteiger partial charge is 0.417 e. The smallest absolute Gasteiger partial charge is 0.326 e. The number of alkyl halides is 3. The van der Waals surface area contributed by atoms with E-state index in [1.807, 2.05) is 0 Å². The molecule has 0 fully saturated rings. The molecule has 2 rings (SSSR count). The van der Waals surface area contributed by atoms with Crippen molar-refractivity contribution in [3.05, 3.63) is 45.8 Å². The summed E-state index contributed by atoms with van der Waals surface area (Å²) in [5.74, 6) is 0. The van der Waals surface area contributed by atoms with Gasteiger partial charge in [0.15, 0.2) is 0 Å². The maximum Gasteiger partial charge on any atom is 0.417 e. The van der Waals surface area contributed by atoms with Crippen LogP contribution in [0.3, 0.4) is 0 Å². The van der Waals surface area contributed by atoms with Crippen molar-refractivity contribution in [3.63, 3.8) is 0 Å². The normalized spacial score (nSPS) is 11.8. The van der Waals surface area contributed by atoms with Crippen LogP contribution < -0.4 is 5.73 Å². The van der Waals surface area contributed by atoms with Crippen molar-refractivity contribution in [2.75, 3.05) is 0 Å². The van der Waals surface area contributed by atoms with E-state index in [0.717, 1.165) is 10.9 Å². The lowest BCUT2D eigenvalue weighted by Crippen LogP contribution is -2.06. The number of nitrogens with two attached hydrogens (primary N) is 1. The molecule has 0 saturated heterocycles. The summed E-state index contributed by atoms with van der Waals surface area (Å²) in [6.07, 6.45) is -4.42. The van der Waals surface area contributed by atoms with Gasteiger partial charge in [-0.15, -0.1) is 11.3 Å². The third-order valence-corrected chi connectivity index (χ3v) is 3.79. The number of halogens is 4. The molecule has 18 heavy (non-hydrogen) atoms. The average molecular weight is 292 g/mol. The van der Waals surface area contributed by atoms with E-state index in [1.54, 1.807) is 12.1 Å². The number of rotatable bonds is 2.